The Kier molecular flexibility index (Phi) is 9.94. The minimum atomic E-state index is -0.830. The maximum Gasteiger partial charge on any atom is 0.251 e. The molecule has 0 unspecified atom stereocenters. The highest BCUT2D eigenvalue weighted by molar-refractivity contribution is 6.00. The zero-order chi connectivity index (χ0) is 27.6. The molecule has 1 aliphatic heterocycles. The van der Waals surface area contributed by atoms with Crippen LogP contribution in [-0.4, -0.2) is 55.8 Å². The highest BCUT2D eigenvalue weighted by Gasteiger charge is 2.25. The highest BCUT2D eigenvalue weighted by atomic mass is 16.5. The van der Waals surface area contributed by atoms with Crippen molar-refractivity contribution >= 4 is 23.2 Å². The summed E-state index contributed by atoms with van der Waals surface area (Å²) in [6.07, 6.45) is 0.967. The van der Waals surface area contributed by atoms with E-state index < -0.39 is 12.1 Å². The Labute approximate surface area is 230 Å². The number of methoxy groups -OCH3 is 1. The van der Waals surface area contributed by atoms with E-state index in [1.54, 1.807) is 24.1 Å². The number of carbonyl (C=O) groups is 2. The number of nitrogens with zero attached hydrogens (tertiary/aromatic N) is 1. The summed E-state index contributed by atoms with van der Waals surface area (Å²) < 4.78 is 5.21. The molecule has 4 rings (SSSR count). The second kappa shape index (κ2) is 13.8. The maximum atomic E-state index is 13.5. The Morgan fingerprint density at radius 1 is 1.05 bits per heavy atom. The van der Waals surface area contributed by atoms with E-state index in [1.165, 1.54) is 0 Å². The van der Waals surface area contributed by atoms with Crippen LogP contribution >= 0.6 is 0 Å². The van der Waals surface area contributed by atoms with Crippen LogP contribution in [0.5, 0.6) is 5.75 Å². The average molecular weight is 531 g/mol. The number of aliphatic hydroxyl groups is 1. The van der Waals surface area contributed by atoms with Crippen molar-refractivity contribution in [1.82, 2.24) is 10.6 Å². The summed E-state index contributed by atoms with van der Waals surface area (Å²) in [6, 6.07) is 22.5. The molecule has 0 bridgehead atoms. The van der Waals surface area contributed by atoms with Gasteiger partial charge in [0.15, 0.2) is 0 Å². The predicted molar refractivity (Wildman–Crippen MR) is 154 cm³/mol. The molecule has 1 saturated heterocycles. The topological polar surface area (TPSA) is 103 Å². The third-order valence-electron chi connectivity index (χ3n) is 6.87. The van der Waals surface area contributed by atoms with Gasteiger partial charge in [-0.15, -0.1) is 0 Å². The van der Waals surface area contributed by atoms with E-state index >= 15 is 0 Å². The van der Waals surface area contributed by atoms with Crippen LogP contribution in [0.3, 0.4) is 0 Å². The van der Waals surface area contributed by atoms with E-state index in [-0.39, 0.29) is 11.8 Å². The lowest BCUT2D eigenvalue weighted by molar-refractivity contribution is -0.117. The Morgan fingerprint density at radius 3 is 2.49 bits per heavy atom. The highest BCUT2D eigenvalue weighted by Crippen LogP contribution is 2.27. The molecule has 8 heteroatoms. The number of hydrogen-bond acceptors (Lipinski definition) is 6. The molecule has 39 heavy (non-hydrogen) atoms. The van der Waals surface area contributed by atoms with Crippen LogP contribution < -0.4 is 25.6 Å². The fourth-order valence-electron chi connectivity index (χ4n) is 4.78. The van der Waals surface area contributed by atoms with Crippen molar-refractivity contribution in [2.75, 3.05) is 37.0 Å². The van der Waals surface area contributed by atoms with E-state index in [9.17, 15) is 14.7 Å². The first-order valence-corrected chi connectivity index (χ1v) is 13.5. The number of rotatable bonds is 13. The zero-order valence-corrected chi connectivity index (χ0v) is 22.7. The first-order valence-electron chi connectivity index (χ1n) is 13.5. The van der Waals surface area contributed by atoms with E-state index in [2.05, 4.69) is 16.0 Å². The third-order valence-corrected chi connectivity index (χ3v) is 6.87. The minimum absolute atomic E-state index is 0.0651. The molecule has 0 radical (unpaired) electrons. The second-order valence-corrected chi connectivity index (χ2v) is 9.76. The lowest BCUT2D eigenvalue weighted by atomic mass is 10.00. The number of aliphatic hydroxyl groups excluding tert-OH is 1. The molecular weight excluding hydrogens is 492 g/mol. The molecule has 0 aromatic heterocycles. The van der Waals surface area contributed by atoms with Crippen molar-refractivity contribution in [2.45, 2.75) is 44.9 Å². The predicted octanol–water partition coefficient (Wildman–Crippen LogP) is 3.75. The van der Waals surface area contributed by atoms with E-state index in [1.807, 2.05) is 67.6 Å². The van der Waals surface area contributed by atoms with Crippen molar-refractivity contribution < 1.29 is 19.4 Å². The molecule has 3 aromatic rings. The summed E-state index contributed by atoms with van der Waals surface area (Å²) in [4.78, 5) is 27.6. The van der Waals surface area contributed by atoms with Crippen molar-refractivity contribution in [1.29, 1.82) is 0 Å². The molecule has 0 saturated carbocycles. The Balaban J connectivity index is 1.48. The van der Waals surface area contributed by atoms with Gasteiger partial charge < -0.3 is 30.7 Å². The van der Waals surface area contributed by atoms with Gasteiger partial charge in [-0.2, -0.15) is 0 Å². The van der Waals surface area contributed by atoms with Crippen LogP contribution in [-0.2, 0) is 17.8 Å². The van der Waals surface area contributed by atoms with E-state index in [0.717, 1.165) is 29.0 Å². The SMILES string of the molecule is CCNc1cc(C(=O)N[C@@H](Cc2ccccc2)[C@H](O)CNCc2ccc(OC)cc2)cc(N2CCCC2=O)c1. The molecular formula is C31H38N4O4. The average Bonchev–Trinajstić information content (AvgIpc) is 3.39. The lowest BCUT2D eigenvalue weighted by Crippen LogP contribution is -2.48. The summed E-state index contributed by atoms with van der Waals surface area (Å²) in [6.45, 7) is 4.19. The van der Waals surface area contributed by atoms with Crippen LogP contribution in [0.1, 0.15) is 41.3 Å². The van der Waals surface area contributed by atoms with Gasteiger partial charge in [-0.05, 0) is 61.2 Å². The summed E-state index contributed by atoms with van der Waals surface area (Å²) in [5.41, 5.74) is 4.01. The number of benzene rings is 3. The molecule has 1 aliphatic rings. The summed E-state index contributed by atoms with van der Waals surface area (Å²) >= 11 is 0. The van der Waals surface area contributed by atoms with Crippen molar-refractivity contribution in [3.63, 3.8) is 0 Å². The molecule has 0 spiro atoms. The van der Waals surface area contributed by atoms with Crippen molar-refractivity contribution in [2.24, 2.45) is 0 Å². The number of hydrogen-bond donors (Lipinski definition) is 4. The van der Waals surface area contributed by atoms with Gasteiger partial charge in [0.2, 0.25) is 5.91 Å². The van der Waals surface area contributed by atoms with E-state index in [4.69, 9.17) is 4.74 Å². The Hall–Kier alpha value is -3.88. The van der Waals surface area contributed by atoms with Crippen LogP contribution in [0.4, 0.5) is 11.4 Å². The van der Waals surface area contributed by atoms with Gasteiger partial charge in [0.25, 0.3) is 5.91 Å². The largest absolute Gasteiger partial charge is 0.497 e. The van der Waals surface area contributed by atoms with Gasteiger partial charge in [-0.1, -0.05) is 42.5 Å². The molecule has 3 aromatic carbocycles. The van der Waals surface area contributed by atoms with Crippen LogP contribution in [0.25, 0.3) is 0 Å². The number of anilines is 2. The molecule has 1 heterocycles. The first-order chi connectivity index (χ1) is 19.0. The molecule has 206 valence electrons. The first kappa shape index (κ1) is 28.1. The van der Waals surface area contributed by atoms with Gasteiger partial charge in [-0.25, -0.2) is 0 Å². The summed E-state index contributed by atoms with van der Waals surface area (Å²) in [7, 11) is 1.63. The second-order valence-electron chi connectivity index (χ2n) is 9.76. The third kappa shape index (κ3) is 7.81. The molecule has 2 amide bonds. The van der Waals surface area contributed by atoms with E-state index in [0.29, 0.717) is 50.3 Å². The minimum Gasteiger partial charge on any atom is -0.497 e. The van der Waals surface area contributed by atoms with Gasteiger partial charge in [0, 0.05) is 49.5 Å². The number of ether oxygens (including phenoxy) is 1. The standard InChI is InChI=1S/C31H38N4O4/c1-3-33-25-17-24(18-26(19-25)35-15-7-10-30(35)37)31(38)34-28(16-22-8-5-4-6-9-22)29(36)21-32-20-23-11-13-27(39-2)14-12-23/h4-6,8-9,11-14,17-19,28-29,32-33,36H,3,7,10,15-16,20-21H2,1-2H3,(H,34,38)/t28-,29+/m0/s1. The summed E-state index contributed by atoms with van der Waals surface area (Å²) in [5, 5.41) is 20.8. The number of amides is 2. The summed E-state index contributed by atoms with van der Waals surface area (Å²) in [5.74, 6) is 0.563. The smallest absolute Gasteiger partial charge is 0.251 e. The molecule has 4 N–H and O–H groups in total. The lowest BCUT2D eigenvalue weighted by Gasteiger charge is -2.25. The van der Waals surface area contributed by atoms with Crippen molar-refractivity contribution in [3.8, 4) is 5.75 Å². The zero-order valence-electron chi connectivity index (χ0n) is 22.7. The van der Waals surface area contributed by atoms with Gasteiger partial charge in [-0.3, -0.25) is 9.59 Å². The van der Waals surface area contributed by atoms with Gasteiger partial charge in [0.05, 0.1) is 19.3 Å². The normalized spacial score (nSPS) is 14.6. The molecule has 8 nitrogen and oxygen atoms in total. The number of carbonyl (C=O) groups excluding carboxylic acids is 2. The van der Waals surface area contributed by atoms with Crippen molar-refractivity contribution in [3.05, 3.63) is 89.5 Å². The molecule has 1 fully saturated rings. The monoisotopic (exact) mass is 530 g/mol. The quantitative estimate of drug-likeness (QED) is 0.269. The van der Waals surface area contributed by atoms with Crippen LogP contribution in [0, 0.1) is 0 Å². The maximum absolute atomic E-state index is 13.5. The Bertz CT molecular complexity index is 1230. The fourth-order valence-corrected chi connectivity index (χ4v) is 4.78. The van der Waals surface area contributed by atoms with Crippen LogP contribution in [0.2, 0.25) is 0 Å². The Morgan fingerprint density at radius 2 is 1.82 bits per heavy atom. The molecule has 2 atom stereocenters. The van der Waals surface area contributed by atoms with Crippen LogP contribution in [0.15, 0.2) is 72.8 Å². The van der Waals surface area contributed by atoms with Gasteiger partial charge in [0.1, 0.15) is 5.75 Å². The molecule has 0 aliphatic carbocycles. The fraction of sp³-hybridized carbons (Fsp3) is 0.355. The number of nitrogens with one attached hydrogen (secondary N) is 3. The van der Waals surface area contributed by atoms with Gasteiger partial charge >= 0.3 is 0 Å².